The highest BCUT2D eigenvalue weighted by Gasteiger charge is 2.20. The van der Waals surface area contributed by atoms with E-state index in [1.165, 1.54) is 0 Å². The van der Waals surface area contributed by atoms with Crippen LogP contribution in [0.4, 0.5) is 0 Å². The zero-order valence-electron chi connectivity index (χ0n) is 12.3. The number of piperazine rings is 1. The number of aryl methyl sites for hydroxylation is 1. The highest BCUT2D eigenvalue weighted by atomic mass is 16.4. The van der Waals surface area contributed by atoms with E-state index in [1.807, 2.05) is 13.8 Å². The maximum atomic E-state index is 11.5. The molecule has 0 aromatic carbocycles. The number of amides is 1. The Morgan fingerprint density at radius 2 is 1.80 bits per heavy atom. The normalized spacial score (nSPS) is 17.3. The third-order valence-corrected chi connectivity index (χ3v) is 3.38. The quantitative estimate of drug-likeness (QED) is 0.784. The Morgan fingerprint density at radius 3 is 2.40 bits per heavy atom. The SMILES string of the molecule is CCNC(=O)CN1CCN(Cc2nnc(CC)o2)CC1. The molecule has 1 aromatic heterocycles. The summed E-state index contributed by atoms with van der Waals surface area (Å²) in [6, 6.07) is 0. The van der Waals surface area contributed by atoms with Crippen molar-refractivity contribution in [3.05, 3.63) is 11.8 Å². The number of carbonyl (C=O) groups is 1. The second-order valence-electron chi connectivity index (χ2n) is 4.95. The molecular weight excluding hydrogens is 258 g/mol. The largest absolute Gasteiger partial charge is 0.424 e. The summed E-state index contributed by atoms with van der Waals surface area (Å²) in [5.41, 5.74) is 0. The smallest absolute Gasteiger partial charge is 0.234 e. The number of likely N-dealkylation sites (N-methyl/N-ethyl adjacent to an activating group) is 1. The van der Waals surface area contributed by atoms with E-state index in [0.29, 0.717) is 31.4 Å². The number of aromatic nitrogens is 2. The Kier molecular flexibility index (Phi) is 5.49. The molecule has 2 rings (SSSR count). The maximum absolute atomic E-state index is 11.5. The topological polar surface area (TPSA) is 74.5 Å². The van der Waals surface area contributed by atoms with Crippen LogP contribution in [0.3, 0.4) is 0 Å². The van der Waals surface area contributed by atoms with Gasteiger partial charge in [0.25, 0.3) is 0 Å². The van der Waals surface area contributed by atoms with E-state index in [1.54, 1.807) is 0 Å². The van der Waals surface area contributed by atoms with Crippen LogP contribution in [-0.4, -0.2) is 65.2 Å². The van der Waals surface area contributed by atoms with E-state index in [9.17, 15) is 4.79 Å². The molecule has 0 aliphatic carbocycles. The minimum Gasteiger partial charge on any atom is -0.424 e. The van der Waals surface area contributed by atoms with Gasteiger partial charge in [-0.2, -0.15) is 0 Å². The molecule has 1 amide bonds. The van der Waals surface area contributed by atoms with Crippen LogP contribution in [0.25, 0.3) is 0 Å². The molecule has 1 N–H and O–H groups in total. The number of rotatable bonds is 6. The lowest BCUT2D eigenvalue weighted by molar-refractivity contribution is -0.122. The average Bonchev–Trinajstić information content (AvgIpc) is 2.89. The van der Waals surface area contributed by atoms with Gasteiger partial charge in [0.15, 0.2) is 0 Å². The molecule has 1 saturated heterocycles. The minimum absolute atomic E-state index is 0.102. The zero-order chi connectivity index (χ0) is 14.4. The van der Waals surface area contributed by atoms with E-state index in [-0.39, 0.29) is 5.91 Å². The molecule has 20 heavy (non-hydrogen) atoms. The molecule has 0 saturated carbocycles. The Hall–Kier alpha value is -1.47. The minimum atomic E-state index is 0.102. The number of nitrogens with one attached hydrogen (secondary N) is 1. The number of nitrogens with zero attached hydrogens (tertiary/aromatic N) is 4. The summed E-state index contributed by atoms with van der Waals surface area (Å²) in [6.45, 7) is 9.44. The van der Waals surface area contributed by atoms with Crippen LogP contribution in [0.2, 0.25) is 0 Å². The van der Waals surface area contributed by atoms with Gasteiger partial charge in [-0.15, -0.1) is 10.2 Å². The number of carbonyl (C=O) groups excluding carboxylic acids is 1. The van der Waals surface area contributed by atoms with E-state index in [2.05, 4.69) is 25.3 Å². The van der Waals surface area contributed by atoms with Crippen LogP contribution in [0, 0.1) is 0 Å². The van der Waals surface area contributed by atoms with E-state index < -0.39 is 0 Å². The van der Waals surface area contributed by atoms with Crippen molar-refractivity contribution in [1.82, 2.24) is 25.3 Å². The first-order valence-corrected chi connectivity index (χ1v) is 7.24. The van der Waals surface area contributed by atoms with Gasteiger partial charge >= 0.3 is 0 Å². The summed E-state index contributed by atoms with van der Waals surface area (Å²) in [5.74, 6) is 1.47. The van der Waals surface area contributed by atoms with Gasteiger partial charge in [-0.3, -0.25) is 14.6 Å². The third kappa shape index (κ3) is 4.28. The summed E-state index contributed by atoms with van der Waals surface area (Å²) < 4.78 is 5.52. The van der Waals surface area contributed by atoms with Crippen LogP contribution in [-0.2, 0) is 17.8 Å². The lowest BCUT2D eigenvalue weighted by Crippen LogP contribution is -2.49. The summed E-state index contributed by atoms with van der Waals surface area (Å²) in [7, 11) is 0. The molecule has 0 bridgehead atoms. The molecule has 2 heterocycles. The fourth-order valence-corrected chi connectivity index (χ4v) is 2.25. The fraction of sp³-hybridized carbons (Fsp3) is 0.769. The lowest BCUT2D eigenvalue weighted by atomic mass is 10.3. The van der Waals surface area contributed by atoms with Gasteiger partial charge < -0.3 is 9.73 Å². The summed E-state index contributed by atoms with van der Waals surface area (Å²) in [4.78, 5) is 16.0. The van der Waals surface area contributed by atoms with Crippen molar-refractivity contribution in [2.75, 3.05) is 39.3 Å². The van der Waals surface area contributed by atoms with Gasteiger partial charge in [0, 0.05) is 39.1 Å². The van der Waals surface area contributed by atoms with Crippen molar-refractivity contribution in [2.24, 2.45) is 0 Å². The summed E-state index contributed by atoms with van der Waals surface area (Å²) in [5, 5.41) is 10.8. The molecule has 0 radical (unpaired) electrons. The van der Waals surface area contributed by atoms with Gasteiger partial charge in [0.2, 0.25) is 17.7 Å². The van der Waals surface area contributed by atoms with Crippen molar-refractivity contribution >= 4 is 5.91 Å². The first-order valence-electron chi connectivity index (χ1n) is 7.24. The Morgan fingerprint density at radius 1 is 1.15 bits per heavy atom. The Labute approximate surface area is 119 Å². The molecular formula is C13H23N5O2. The predicted molar refractivity (Wildman–Crippen MR) is 74.1 cm³/mol. The lowest BCUT2D eigenvalue weighted by Gasteiger charge is -2.33. The van der Waals surface area contributed by atoms with Gasteiger partial charge in [-0.05, 0) is 6.92 Å². The standard InChI is InChI=1S/C13H23N5O2/c1-3-12-15-16-13(20-12)10-18-7-5-17(6-8-18)9-11(19)14-4-2/h3-10H2,1-2H3,(H,14,19). The Bertz CT molecular complexity index is 426. The predicted octanol–water partition coefficient (Wildman–Crippen LogP) is -0.114. The van der Waals surface area contributed by atoms with E-state index in [4.69, 9.17) is 4.42 Å². The van der Waals surface area contributed by atoms with Crippen LogP contribution in [0.15, 0.2) is 4.42 Å². The molecule has 112 valence electrons. The highest BCUT2D eigenvalue weighted by Crippen LogP contribution is 2.08. The highest BCUT2D eigenvalue weighted by molar-refractivity contribution is 5.77. The average molecular weight is 281 g/mol. The van der Waals surface area contributed by atoms with Crippen LogP contribution >= 0.6 is 0 Å². The van der Waals surface area contributed by atoms with Crippen molar-refractivity contribution in [3.63, 3.8) is 0 Å². The van der Waals surface area contributed by atoms with Crippen molar-refractivity contribution in [2.45, 2.75) is 26.8 Å². The molecule has 1 aliphatic rings. The van der Waals surface area contributed by atoms with Crippen molar-refractivity contribution in [1.29, 1.82) is 0 Å². The molecule has 1 aromatic rings. The second-order valence-corrected chi connectivity index (χ2v) is 4.95. The van der Waals surface area contributed by atoms with Crippen LogP contribution < -0.4 is 5.32 Å². The number of hydrogen-bond acceptors (Lipinski definition) is 6. The van der Waals surface area contributed by atoms with E-state index >= 15 is 0 Å². The summed E-state index contributed by atoms with van der Waals surface area (Å²) in [6.07, 6.45) is 0.771. The van der Waals surface area contributed by atoms with Gasteiger partial charge in [0.05, 0.1) is 13.1 Å². The van der Waals surface area contributed by atoms with Crippen molar-refractivity contribution in [3.8, 4) is 0 Å². The first kappa shape index (κ1) is 14.9. The maximum Gasteiger partial charge on any atom is 0.234 e. The van der Waals surface area contributed by atoms with Gasteiger partial charge in [-0.1, -0.05) is 6.92 Å². The van der Waals surface area contributed by atoms with Gasteiger partial charge in [-0.25, -0.2) is 0 Å². The molecule has 1 aliphatic heterocycles. The van der Waals surface area contributed by atoms with Crippen molar-refractivity contribution < 1.29 is 9.21 Å². The van der Waals surface area contributed by atoms with Gasteiger partial charge in [0.1, 0.15) is 0 Å². The van der Waals surface area contributed by atoms with E-state index in [0.717, 1.165) is 32.6 Å². The first-order chi connectivity index (χ1) is 9.71. The molecule has 7 nitrogen and oxygen atoms in total. The second kappa shape index (κ2) is 7.35. The fourth-order valence-electron chi connectivity index (χ4n) is 2.25. The van der Waals surface area contributed by atoms with Crippen LogP contribution in [0.5, 0.6) is 0 Å². The number of hydrogen-bond donors (Lipinski definition) is 1. The molecule has 0 spiro atoms. The molecule has 0 unspecified atom stereocenters. The third-order valence-electron chi connectivity index (χ3n) is 3.38. The molecule has 1 fully saturated rings. The monoisotopic (exact) mass is 281 g/mol. The zero-order valence-corrected chi connectivity index (χ0v) is 12.3. The molecule has 0 atom stereocenters. The Balaban J connectivity index is 1.72. The molecule has 7 heteroatoms. The van der Waals surface area contributed by atoms with Crippen LogP contribution in [0.1, 0.15) is 25.6 Å². The summed E-state index contributed by atoms with van der Waals surface area (Å²) >= 11 is 0.